The molecular formula is C23H25N3O4. The first-order valence-electron chi connectivity index (χ1n) is 10.1. The third-order valence-electron chi connectivity index (χ3n) is 5.47. The third-order valence-corrected chi connectivity index (χ3v) is 5.47. The quantitative estimate of drug-likeness (QED) is 0.647. The summed E-state index contributed by atoms with van der Waals surface area (Å²) >= 11 is 0. The molecule has 156 valence electrons. The van der Waals surface area contributed by atoms with E-state index in [1.165, 1.54) is 0 Å². The Morgan fingerprint density at radius 2 is 1.80 bits per heavy atom. The van der Waals surface area contributed by atoms with Crippen molar-refractivity contribution < 1.29 is 18.7 Å². The number of hydrogen-bond acceptors (Lipinski definition) is 6. The Morgan fingerprint density at radius 1 is 1.10 bits per heavy atom. The number of oxazole rings is 1. The summed E-state index contributed by atoms with van der Waals surface area (Å²) in [6.07, 6.45) is 1.27. The highest BCUT2D eigenvalue weighted by molar-refractivity contribution is 5.94. The van der Waals surface area contributed by atoms with Gasteiger partial charge in [0.15, 0.2) is 12.2 Å². The zero-order chi connectivity index (χ0) is 21.1. The molecule has 1 saturated heterocycles. The Hall–Kier alpha value is -3.35. The minimum atomic E-state index is -0.330. The van der Waals surface area contributed by atoms with Crippen LogP contribution in [0.25, 0.3) is 11.1 Å². The van der Waals surface area contributed by atoms with E-state index in [-0.39, 0.29) is 24.4 Å². The van der Waals surface area contributed by atoms with Gasteiger partial charge in [0.25, 0.3) is 11.9 Å². The Bertz CT molecular complexity index is 1010. The van der Waals surface area contributed by atoms with E-state index in [0.717, 1.165) is 27.9 Å². The van der Waals surface area contributed by atoms with E-state index in [4.69, 9.17) is 9.15 Å². The highest BCUT2D eigenvalue weighted by Gasteiger charge is 2.28. The van der Waals surface area contributed by atoms with E-state index < -0.39 is 0 Å². The molecule has 2 aromatic carbocycles. The van der Waals surface area contributed by atoms with E-state index in [0.29, 0.717) is 31.9 Å². The number of carbonyl (C=O) groups excluding carboxylic acids is 2. The van der Waals surface area contributed by atoms with Crippen molar-refractivity contribution in [3.63, 3.8) is 0 Å². The number of carbonyl (C=O) groups is 2. The highest BCUT2D eigenvalue weighted by Crippen LogP contribution is 2.27. The van der Waals surface area contributed by atoms with Crippen LogP contribution in [0.3, 0.4) is 0 Å². The van der Waals surface area contributed by atoms with Gasteiger partial charge in [-0.25, -0.2) is 0 Å². The van der Waals surface area contributed by atoms with Crippen LogP contribution < -0.4 is 10.2 Å². The van der Waals surface area contributed by atoms with Crippen LogP contribution in [0.1, 0.15) is 24.0 Å². The van der Waals surface area contributed by atoms with Crippen molar-refractivity contribution in [2.75, 3.05) is 29.9 Å². The first-order valence-corrected chi connectivity index (χ1v) is 10.1. The lowest BCUT2D eigenvalue weighted by Crippen LogP contribution is -2.37. The summed E-state index contributed by atoms with van der Waals surface area (Å²) < 4.78 is 11.1. The fourth-order valence-electron chi connectivity index (χ4n) is 3.74. The number of piperidine rings is 1. The molecule has 1 aliphatic rings. The van der Waals surface area contributed by atoms with Crippen LogP contribution in [0.5, 0.6) is 0 Å². The molecule has 0 bridgehead atoms. The van der Waals surface area contributed by atoms with Crippen molar-refractivity contribution in [2.24, 2.45) is 5.92 Å². The third kappa shape index (κ3) is 4.30. The monoisotopic (exact) mass is 407 g/mol. The van der Waals surface area contributed by atoms with Gasteiger partial charge in [0, 0.05) is 18.8 Å². The Labute approximate surface area is 175 Å². The molecule has 0 unspecified atom stereocenters. The van der Waals surface area contributed by atoms with Crippen LogP contribution >= 0.6 is 0 Å². The van der Waals surface area contributed by atoms with Gasteiger partial charge in [-0.15, -0.1) is 0 Å². The minimum absolute atomic E-state index is 0.223. The Balaban J connectivity index is 1.26. The molecule has 0 saturated carbocycles. The molecule has 1 aliphatic heterocycles. The average molecular weight is 407 g/mol. The van der Waals surface area contributed by atoms with Crippen molar-refractivity contribution in [3.05, 3.63) is 53.6 Å². The summed E-state index contributed by atoms with van der Waals surface area (Å²) in [4.78, 5) is 31.2. The van der Waals surface area contributed by atoms with E-state index >= 15 is 0 Å². The SMILES string of the molecule is Cc1cccc(C)c1NC(=O)COC(=O)C1CCN(c2nc3ccccc3o2)CC1. The molecule has 0 spiro atoms. The maximum absolute atomic E-state index is 12.4. The van der Waals surface area contributed by atoms with E-state index in [1.807, 2.05) is 61.2 Å². The second-order valence-corrected chi connectivity index (χ2v) is 7.65. The average Bonchev–Trinajstić information content (AvgIpc) is 3.19. The van der Waals surface area contributed by atoms with Crippen LogP contribution in [-0.2, 0) is 14.3 Å². The second-order valence-electron chi connectivity index (χ2n) is 7.65. The number of benzene rings is 2. The number of aromatic nitrogens is 1. The Kier molecular flexibility index (Phi) is 5.70. The number of ether oxygens (including phenoxy) is 1. The van der Waals surface area contributed by atoms with Crippen molar-refractivity contribution >= 4 is 34.7 Å². The van der Waals surface area contributed by atoms with Crippen LogP contribution in [0.4, 0.5) is 11.7 Å². The smallest absolute Gasteiger partial charge is 0.309 e. The molecule has 1 fully saturated rings. The summed E-state index contributed by atoms with van der Waals surface area (Å²) in [5.41, 5.74) is 4.29. The number of hydrogen-bond donors (Lipinski definition) is 1. The van der Waals surface area contributed by atoms with E-state index in [1.54, 1.807) is 0 Å². The molecule has 2 heterocycles. The van der Waals surface area contributed by atoms with Crippen molar-refractivity contribution in [1.82, 2.24) is 4.98 Å². The van der Waals surface area contributed by atoms with Crippen LogP contribution in [0.2, 0.25) is 0 Å². The van der Waals surface area contributed by atoms with Crippen LogP contribution in [0.15, 0.2) is 46.9 Å². The standard InChI is InChI=1S/C23H25N3O4/c1-15-6-5-7-16(2)21(15)25-20(27)14-29-22(28)17-10-12-26(13-11-17)23-24-18-8-3-4-9-19(18)30-23/h3-9,17H,10-14H2,1-2H3,(H,25,27). The molecule has 4 rings (SSSR count). The number of rotatable bonds is 5. The summed E-state index contributed by atoms with van der Waals surface area (Å²) in [6.45, 7) is 4.89. The summed E-state index contributed by atoms with van der Waals surface area (Å²) in [7, 11) is 0. The van der Waals surface area contributed by atoms with Gasteiger partial charge in [-0.2, -0.15) is 4.98 Å². The largest absolute Gasteiger partial charge is 0.455 e. The number of amides is 1. The fourth-order valence-corrected chi connectivity index (χ4v) is 3.74. The number of aryl methyl sites for hydroxylation is 2. The topological polar surface area (TPSA) is 84.7 Å². The van der Waals surface area contributed by atoms with Gasteiger partial charge >= 0.3 is 5.97 Å². The van der Waals surface area contributed by atoms with E-state index in [2.05, 4.69) is 10.3 Å². The molecule has 7 nitrogen and oxygen atoms in total. The van der Waals surface area contributed by atoms with Crippen LogP contribution in [-0.4, -0.2) is 36.6 Å². The molecular weight excluding hydrogens is 382 g/mol. The maximum Gasteiger partial charge on any atom is 0.309 e. The van der Waals surface area contributed by atoms with E-state index in [9.17, 15) is 9.59 Å². The lowest BCUT2D eigenvalue weighted by atomic mass is 9.97. The minimum Gasteiger partial charge on any atom is -0.455 e. The number of para-hydroxylation sites is 3. The molecule has 7 heteroatoms. The molecule has 30 heavy (non-hydrogen) atoms. The molecule has 0 atom stereocenters. The highest BCUT2D eigenvalue weighted by atomic mass is 16.5. The zero-order valence-corrected chi connectivity index (χ0v) is 17.2. The summed E-state index contributed by atoms with van der Waals surface area (Å²) in [5, 5.41) is 2.83. The van der Waals surface area contributed by atoms with Gasteiger partial charge in [0.05, 0.1) is 5.92 Å². The summed E-state index contributed by atoms with van der Waals surface area (Å²) in [5.74, 6) is -0.882. The van der Waals surface area contributed by atoms with Gasteiger partial charge in [0.1, 0.15) is 5.52 Å². The maximum atomic E-state index is 12.4. The number of nitrogens with one attached hydrogen (secondary N) is 1. The number of anilines is 2. The van der Waals surface area contributed by atoms with Gasteiger partial charge in [0.2, 0.25) is 0 Å². The van der Waals surface area contributed by atoms with Gasteiger partial charge < -0.3 is 19.4 Å². The molecule has 1 aromatic heterocycles. The number of nitrogens with zero attached hydrogens (tertiary/aromatic N) is 2. The fraction of sp³-hybridized carbons (Fsp3) is 0.348. The van der Waals surface area contributed by atoms with Gasteiger partial charge in [-0.05, 0) is 49.9 Å². The lowest BCUT2D eigenvalue weighted by Gasteiger charge is -2.29. The number of esters is 1. The van der Waals surface area contributed by atoms with Crippen LogP contribution in [0, 0.1) is 19.8 Å². The van der Waals surface area contributed by atoms with Gasteiger partial charge in [-0.3, -0.25) is 9.59 Å². The molecule has 1 N–H and O–H groups in total. The van der Waals surface area contributed by atoms with Crippen molar-refractivity contribution in [3.8, 4) is 0 Å². The van der Waals surface area contributed by atoms with Crippen molar-refractivity contribution in [1.29, 1.82) is 0 Å². The molecule has 0 radical (unpaired) electrons. The van der Waals surface area contributed by atoms with Gasteiger partial charge in [-0.1, -0.05) is 30.3 Å². The predicted molar refractivity (Wildman–Crippen MR) is 114 cm³/mol. The molecule has 0 aliphatic carbocycles. The second kappa shape index (κ2) is 8.57. The zero-order valence-electron chi connectivity index (χ0n) is 17.2. The predicted octanol–water partition coefficient (Wildman–Crippen LogP) is 3.84. The first kappa shape index (κ1) is 19.9. The molecule has 3 aromatic rings. The Morgan fingerprint density at radius 3 is 2.50 bits per heavy atom. The lowest BCUT2D eigenvalue weighted by molar-refractivity contribution is -0.152. The summed E-state index contributed by atoms with van der Waals surface area (Å²) in [6, 6.07) is 14.0. The first-order chi connectivity index (χ1) is 14.5. The normalized spacial score (nSPS) is 14.7. The van der Waals surface area contributed by atoms with Crippen molar-refractivity contribution in [2.45, 2.75) is 26.7 Å². The number of fused-ring (bicyclic) bond motifs is 1. The molecule has 1 amide bonds.